The van der Waals surface area contributed by atoms with Crippen molar-refractivity contribution in [3.05, 3.63) is 21.3 Å². The van der Waals surface area contributed by atoms with Gasteiger partial charge in [-0.25, -0.2) is 0 Å². The minimum Gasteiger partial charge on any atom is -0.386 e. The molecular formula is C15H24ClN3O2S. The third-order valence-corrected chi connectivity index (χ3v) is 4.93. The second kappa shape index (κ2) is 8.15. The normalized spacial score (nSPS) is 23.5. The fourth-order valence-corrected chi connectivity index (χ4v) is 3.40. The average Bonchev–Trinajstić information content (AvgIpc) is 3.11. The van der Waals surface area contributed by atoms with Gasteiger partial charge in [-0.1, -0.05) is 11.6 Å². The average molecular weight is 346 g/mol. The molecule has 1 fully saturated rings. The zero-order valence-corrected chi connectivity index (χ0v) is 14.6. The van der Waals surface area contributed by atoms with E-state index in [-0.39, 0.29) is 5.60 Å². The van der Waals surface area contributed by atoms with Crippen molar-refractivity contribution in [2.75, 3.05) is 26.2 Å². The number of nitrogens with zero attached hydrogens (tertiary/aromatic N) is 1. The number of aliphatic imine (C=N–C) groups is 1. The van der Waals surface area contributed by atoms with Gasteiger partial charge in [0.05, 0.1) is 16.5 Å². The first-order valence-corrected chi connectivity index (χ1v) is 8.81. The Labute approximate surface area is 140 Å². The number of hydrogen-bond donors (Lipinski definition) is 3. The Morgan fingerprint density at radius 1 is 1.55 bits per heavy atom. The van der Waals surface area contributed by atoms with Gasteiger partial charge in [-0.05, 0) is 38.8 Å². The molecule has 2 rings (SSSR count). The largest absolute Gasteiger partial charge is 0.386 e. The van der Waals surface area contributed by atoms with Crippen LogP contribution < -0.4 is 10.6 Å². The molecule has 0 spiro atoms. The van der Waals surface area contributed by atoms with Crippen molar-refractivity contribution < 1.29 is 9.84 Å². The number of aliphatic hydroxyl groups excluding tert-OH is 1. The van der Waals surface area contributed by atoms with Crippen LogP contribution in [0.25, 0.3) is 0 Å². The summed E-state index contributed by atoms with van der Waals surface area (Å²) >= 11 is 7.28. The van der Waals surface area contributed by atoms with E-state index in [9.17, 15) is 5.11 Å². The van der Waals surface area contributed by atoms with E-state index >= 15 is 0 Å². The molecule has 2 unspecified atom stereocenters. The molecule has 1 aromatic rings. The molecule has 7 heteroatoms. The SMILES string of the molecule is CCNC(=NCC1(C)CCCO1)NCC(O)c1ccc(Cl)s1. The lowest BCUT2D eigenvalue weighted by atomic mass is 10.0. The molecule has 2 heterocycles. The van der Waals surface area contributed by atoms with Crippen molar-refractivity contribution in [3.63, 3.8) is 0 Å². The van der Waals surface area contributed by atoms with Gasteiger partial charge < -0.3 is 20.5 Å². The lowest BCUT2D eigenvalue weighted by Crippen LogP contribution is -2.40. The molecule has 5 nitrogen and oxygen atoms in total. The highest BCUT2D eigenvalue weighted by Crippen LogP contribution is 2.26. The van der Waals surface area contributed by atoms with Crippen LogP contribution >= 0.6 is 22.9 Å². The predicted octanol–water partition coefficient (Wildman–Crippen LogP) is 2.56. The zero-order chi connectivity index (χ0) is 16.0. The van der Waals surface area contributed by atoms with Gasteiger partial charge in [0.25, 0.3) is 0 Å². The molecule has 0 radical (unpaired) electrons. The highest BCUT2D eigenvalue weighted by atomic mass is 35.5. The second-order valence-electron chi connectivity index (χ2n) is 5.64. The second-order valence-corrected chi connectivity index (χ2v) is 7.38. The molecule has 1 aromatic heterocycles. The number of thiophene rings is 1. The number of aliphatic hydroxyl groups is 1. The molecule has 0 aliphatic carbocycles. The molecule has 3 N–H and O–H groups in total. The van der Waals surface area contributed by atoms with Crippen molar-refractivity contribution in [2.45, 2.75) is 38.4 Å². The minimum atomic E-state index is -0.598. The first-order chi connectivity index (χ1) is 10.5. The summed E-state index contributed by atoms with van der Waals surface area (Å²) in [7, 11) is 0. The van der Waals surface area contributed by atoms with Gasteiger partial charge in [-0.3, -0.25) is 4.99 Å². The molecule has 1 saturated heterocycles. The Kier molecular flexibility index (Phi) is 6.50. The summed E-state index contributed by atoms with van der Waals surface area (Å²) in [5.41, 5.74) is -0.164. The number of rotatable bonds is 6. The van der Waals surface area contributed by atoms with E-state index in [1.807, 2.05) is 13.0 Å². The van der Waals surface area contributed by atoms with Crippen LogP contribution in [0.15, 0.2) is 17.1 Å². The summed E-state index contributed by atoms with van der Waals surface area (Å²) in [6.45, 7) is 6.69. The van der Waals surface area contributed by atoms with Gasteiger partial charge in [0.15, 0.2) is 5.96 Å². The molecule has 2 atom stereocenters. The monoisotopic (exact) mass is 345 g/mol. The van der Waals surface area contributed by atoms with E-state index < -0.39 is 6.10 Å². The van der Waals surface area contributed by atoms with Crippen LogP contribution in [0.5, 0.6) is 0 Å². The minimum absolute atomic E-state index is 0.164. The Morgan fingerprint density at radius 3 is 2.95 bits per heavy atom. The van der Waals surface area contributed by atoms with Crippen molar-refractivity contribution >= 4 is 28.9 Å². The summed E-state index contributed by atoms with van der Waals surface area (Å²) in [6, 6.07) is 3.64. The summed E-state index contributed by atoms with van der Waals surface area (Å²) < 4.78 is 6.42. The Morgan fingerprint density at radius 2 is 2.36 bits per heavy atom. The maximum absolute atomic E-state index is 10.2. The van der Waals surface area contributed by atoms with E-state index in [2.05, 4.69) is 22.5 Å². The first-order valence-electron chi connectivity index (χ1n) is 7.62. The van der Waals surface area contributed by atoms with E-state index in [1.165, 1.54) is 11.3 Å². The molecule has 0 saturated carbocycles. The van der Waals surface area contributed by atoms with Crippen molar-refractivity contribution in [1.82, 2.24) is 10.6 Å². The fourth-order valence-electron chi connectivity index (χ4n) is 2.35. The molecule has 0 bridgehead atoms. The smallest absolute Gasteiger partial charge is 0.191 e. The lowest BCUT2D eigenvalue weighted by molar-refractivity contribution is 0.0283. The molecule has 0 amide bonds. The van der Waals surface area contributed by atoms with Crippen molar-refractivity contribution in [2.24, 2.45) is 4.99 Å². The lowest BCUT2D eigenvalue weighted by Gasteiger charge is -2.22. The number of ether oxygens (including phenoxy) is 1. The van der Waals surface area contributed by atoms with Crippen molar-refractivity contribution in [1.29, 1.82) is 0 Å². The van der Waals surface area contributed by atoms with Crippen LogP contribution in [0.1, 0.15) is 37.7 Å². The number of halogens is 1. The predicted molar refractivity (Wildman–Crippen MR) is 91.9 cm³/mol. The van der Waals surface area contributed by atoms with Crippen LogP contribution in [0.2, 0.25) is 4.34 Å². The fraction of sp³-hybridized carbons (Fsp3) is 0.667. The van der Waals surface area contributed by atoms with Gasteiger partial charge in [0, 0.05) is 24.6 Å². The summed E-state index contributed by atoms with van der Waals surface area (Å²) in [6.07, 6.45) is 1.53. The third kappa shape index (κ3) is 5.12. The summed E-state index contributed by atoms with van der Waals surface area (Å²) in [4.78, 5) is 5.42. The van der Waals surface area contributed by atoms with E-state index in [1.54, 1.807) is 6.07 Å². The molecule has 22 heavy (non-hydrogen) atoms. The van der Waals surface area contributed by atoms with Gasteiger partial charge in [0.2, 0.25) is 0 Å². The molecular weight excluding hydrogens is 322 g/mol. The van der Waals surface area contributed by atoms with Gasteiger partial charge >= 0.3 is 0 Å². The van der Waals surface area contributed by atoms with Crippen LogP contribution in [0.3, 0.4) is 0 Å². The van der Waals surface area contributed by atoms with E-state index in [0.717, 1.165) is 30.9 Å². The first kappa shape index (κ1) is 17.5. The quantitative estimate of drug-likeness (QED) is 0.547. The molecule has 0 aromatic carbocycles. The van der Waals surface area contributed by atoms with Crippen LogP contribution in [-0.4, -0.2) is 42.9 Å². The van der Waals surface area contributed by atoms with Gasteiger partial charge in [-0.2, -0.15) is 0 Å². The number of guanidine groups is 1. The van der Waals surface area contributed by atoms with Crippen molar-refractivity contribution in [3.8, 4) is 0 Å². The summed E-state index contributed by atoms with van der Waals surface area (Å²) in [5, 5.41) is 16.5. The van der Waals surface area contributed by atoms with E-state index in [0.29, 0.717) is 23.4 Å². The topological polar surface area (TPSA) is 65.9 Å². The molecule has 124 valence electrons. The summed E-state index contributed by atoms with van der Waals surface area (Å²) in [5.74, 6) is 0.695. The van der Waals surface area contributed by atoms with Crippen LogP contribution in [0.4, 0.5) is 0 Å². The molecule has 1 aliphatic rings. The van der Waals surface area contributed by atoms with E-state index in [4.69, 9.17) is 16.3 Å². The Bertz CT molecular complexity index is 501. The van der Waals surface area contributed by atoms with Gasteiger partial charge in [-0.15, -0.1) is 11.3 Å². The standard InChI is InChI=1S/C15H24ClN3O2S/c1-3-17-14(19-10-15(2)7-4-8-21-15)18-9-11(20)12-5-6-13(16)22-12/h5-6,11,20H,3-4,7-10H2,1-2H3,(H2,17,18,19). The highest BCUT2D eigenvalue weighted by molar-refractivity contribution is 7.16. The maximum Gasteiger partial charge on any atom is 0.191 e. The van der Waals surface area contributed by atoms with Crippen LogP contribution in [-0.2, 0) is 4.74 Å². The highest BCUT2D eigenvalue weighted by Gasteiger charge is 2.29. The zero-order valence-electron chi connectivity index (χ0n) is 13.1. The Balaban J connectivity index is 1.87. The molecule has 1 aliphatic heterocycles. The number of nitrogens with one attached hydrogen (secondary N) is 2. The Hall–Kier alpha value is -0.820. The number of hydrogen-bond acceptors (Lipinski definition) is 4. The third-order valence-electron chi connectivity index (χ3n) is 3.60. The van der Waals surface area contributed by atoms with Gasteiger partial charge in [0.1, 0.15) is 6.10 Å². The van der Waals surface area contributed by atoms with Crippen LogP contribution in [0, 0.1) is 0 Å². The maximum atomic E-state index is 10.2.